The van der Waals surface area contributed by atoms with Gasteiger partial charge in [0.05, 0.1) is 18.6 Å². The predicted molar refractivity (Wildman–Crippen MR) is 72.3 cm³/mol. The molecule has 2 aliphatic rings. The average molecular weight is 281 g/mol. The molecule has 3 atom stereocenters. The third kappa shape index (κ3) is 2.87. The molecule has 112 valence electrons. The van der Waals surface area contributed by atoms with Crippen LogP contribution in [0.2, 0.25) is 0 Å². The van der Waals surface area contributed by atoms with Gasteiger partial charge in [0.1, 0.15) is 6.10 Å². The molecule has 1 saturated heterocycles. The average Bonchev–Trinajstić information content (AvgIpc) is 2.97. The Morgan fingerprint density at radius 1 is 1.35 bits per heavy atom. The molecule has 3 rings (SSSR count). The van der Waals surface area contributed by atoms with Crippen LogP contribution < -0.4 is 0 Å². The van der Waals surface area contributed by atoms with Gasteiger partial charge in [-0.1, -0.05) is 24.9 Å². The molecule has 1 aromatic heterocycles. The Hall–Kier alpha value is -0.980. The number of likely N-dealkylation sites (N-methyl/N-ethyl adjacent to an activating group) is 1. The predicted octanol–water partition coefficient (Wildman–Crippen LogP) is 1.48. The summed E-state index contributed by atoms with van der Waals surface area (Å²) in [6.07, 6.45) is 3.48. The van der Waals surface area contributed by atoms with E-state index in [-0.39, 0.29) is 18.1 Å². The lowest BCUT2D eigenvalue weighted by atomic mass is 9.86. The van der Waals surface area contributed by atoms with Gasteiger partial charge in [-0.25, -0.2) is 0 Å². The van der Waals surface area contributed by atoms with E-state index in [0.29, 0.717) is 18.3 Å². The van der Waals surface area contributed by atoms with Gasteiger partial charge in [-0.3, -0.25) is 4.90 Å². The van der Waals surface area contributed by atoms with Crippen molar-refractivity contribution in [2.75, 3.05) is 26.2 Å². The number of rotatable bonds is 3. The second-order valence-electron chi connectivity index (χ2n) is 5.70. The summed E-state index contributed by atoms with van der Waals surface area (Å²) >= 11 is 0. The van der Waals surface area contributed by atoms with Gasteiger partial charge in [-0.2, -0.15) is 4.98 Å². The van der Waals surface area contributed by atoms with Gasteiger partial charge < -0.3 is 14.4 Å². The molecule has 0 spiro atoms. The van der Waals surface area contributed by atoms with Crippen molar-refractivity contribution in [3.63, 3.8) is 0 Å². The number of aliphatic hydroxyl groups is 1. The summed E-state index contributed by atoms with van der Waals surface area (Å²) < 4.78 is 11.1. The van der Waals surface area contributed by atoms with E-state index in [1.807, 2.05) is 0 Å². The first-order valence-electron chi connectivity index (χ1n) is 7.63. The lowest BCUT2D eigenvalue weighted by Crippen LogP contribution is -2.38. The van der Waals surface area contributed by atoms with Crippen LogP contribution in [-0.4, -0.2) is 52.5 Å². The summed E-state index contributed by atoms with van der Waals surface area (Å²) in [5.74, 6) is 1.19. The van der Waals surface area contributed by atoms with Crippen molar-refractivity contribution < 1.29 is 14.4 Å². The monoisotopic (exact) mass is 281 g/mol. The van der Waals surface area contributed by atoms with Crippen LogP contribution in [0.15, 0.2) is 4.52 Å². The SMILES string of the molecule is CCN1CCOC(c2noc(C3CCCCC3O)n2)C1. The van der Waals surface area contributed by atoms with Crippen LogP contribution in [0, 0.1) is 0 Å². The second-order valence-corrected chi connectivity index (χ2v) is 5.70. The molecule has 1 aliphatic carbocycles. The first-order valence-corrected chi connectivity index (χ1v) is 7.63. The summed E-state index contributed by atoms with van der Waals surface area (Å²) in [6, 6.07) is 0. The summed E-state index contributed by atoms with van der Waals surface area (Å²) in [5.41, 5.74) is 0. The molecule has 0 amide bonds. The highest BCUT2D eigenvalue weighted by molar-refractivity contribution is 5.01. The zero-order chi connectivity index (χ0) is 13.9. The van der Waals surface area contributed by atoms with Gasteiger partial charge in [0, 0.05) is 13.1 Å². The van der Waals surface area contributed by atoms with Crippen molar-refractivity contribution in [3.05, 3.63) is 11.7 Å². The van der Waals surface area contributed by atoms with Crippen LogP contribution in [-0.2, 0) is 4.74 Å². The molecule has 2 heterocycles. The van der Waals surface area contributed by atoms with Crippen molar-refractivity contribution >= 4 is 0 Å². The Morgan fingerprint density at radius 2 is 2.20 bits per heavy atom. The Bertz CT molecular complexity index is 437. The van der Waals surface area contributed by atoms with E-state index in [1.165, 1.54) is 0 Å². The van der Waals surface area contributed by atoms with E-state index in [1.54, 1.807) is 0 Å². The van der Waals surface area contributed by atoms with Crippen LogP contribution in [0.3, 0.4) is 0 Å². The lowest BCUT2D eigenvalue weighted by molar-refractivity contribution is -0.0334. The second kappa shape index (κ2) is 6.20. The smallest absolute Gasteiger partial charge is 0.232 e. The van der Waals surface area contributed by atoms with Gasteiger partial charge >= 0.3 is 0 Å². The van der Waals surface area contributed by atoms with E-state index in [2.05, 4.69) is 22.0 Å². The zero-order valence-electron chi connectivity index (χ0n) is 12.0. The van der Waals surface area contributed by atoms with Crippen molar-refractivity contribution in [2.45, 2.75) is 50.7 Å². The number of aromatic nitrogens is 2. The number of morpholine rings is 1. The fourth-order valence-electron chi connectivity index (χ4n) is 3.07. The van der Waals surface area contributed by atoms with Gasteiger partial charge in [0.2, 0.25) is 11.7 Å². The lowest BCUT2D eigenvalue weighted by Gasteiger charge is -2.30. The highest BCUT2D eigenvalue weighted by Gasteiger charge is 2.31. The Balaban J connectivity index is 1.69. The van der Waals surface area contributed by atoms with Crippen molar-refractivity contribution in [3.8, 4) is 0 Å². The van der Waals surface area contributed by atoms with Crippen LogP contribution >= 0.6 is 0 Å². The fraction of sp³-hybridized carbons (Fsp3) is 0.857. The topological polar surface area (TPSA) is 71.6 Å². The maximum absolute atomic E-state index is 10.1. The molecular formula is C14H23N3O3. The molecule has 20 heavy (non-hydrogen) atoms. The van der Waals surface area contributed by atoms with Crippen molar-refractivity contribution in [2.24, 2.45) is 0 Å². The number of nitrogens with zero attached hydrogens (tertiary/aromatic N) is 3. The van der Waals surface area contributed by atoms with Gasteiger partial charge in [-0.15, -0.1) is 0 Å². The Labute approximate surface area is 119 Å². The quantitative estimate of drug-likeness (QED) is 0.905. The minimum Gasteiger partial charge on any atom is -0.392 e. The molecular weight excluding hydrogens is 258 g/mol. The standard InChI is InChI=1S/C14H23N3O3/c1-2-17-7-8-19-12(9-17)13-15-14(20-16-13)10-5-3-4-6-11(10)18/h10-12,18H,2-9H2,1H3. The summed E-state index contributed by atoms with van der Waals surface area (Å²) in [7, 11) is 0. The van der Waals surface area contributed by atoms with E-state index >= 15 is 0 Å². The van der Waals surface area contributed by atoms with Crippen molar-refractivity contribution in [1.82, 2.24) is 15.0 Å². The molecule has 1 aliphatic heterocycles. The molecule has 0 aromatic carbocycles. The molecule has 2 fully saturated rings. The summed E-state index contributed by atoms with van der Waals surface area (Å²) in [6.45, 7) is 5.62. The van der Waals surface area contributed by atoms with E-state index in [0.717, 1.165) is 45.3 Å². The molecule has 1 saturated carbocycles. The molecule has 1 N–H and O–H groups in total. The van der Waals surface area contributed by atoms with Crippen LogP contribution in [0.1, 0.15) is 56.3 Å². The van der Waals surface area contributed by atoms with Gasteiger partial charge in [-0.05, 0) is 19.4 Å². The highest BCUT2D eigenvalue weighted by atomic mass is 16.5. The number of hydrogen-bond donors (Lipinski definition) is 1. The van der Waals surface area contributed by atoms with Crippen LogP contribution in [0.5, 0.6) is 0 Å². The maximum atomic E-state index is 10.1. The minimum atomic E-state index is -0.350. The third-order valence-corrected chi connectivity index (χ3v) is 4.39. The molecule has 0 radical (unpaired) electrons. The minimum absolute atomic E-state index is 0.00383. The largest absolute Gasteiger partial charge is 0.392 e. The summed E-state index contributed by atoms with van der Waals surface area (Å²) in [5, 5.41) is 14.1. The Kier molecular flexibility index (Phi) is 4.33. The number of aliphatic hydroxyl groups excluding tert-OH is 1. The van der Waals surface area contributed by atoms with E-state index in [9.17, 15) is 5.11 Å². The van der Waals surface area contributed by atoms with E-state index < -0.39 is 0 Å². The number of ether oxygens (including phenoxy) is 1. The normalized spacial score (nSPS) is 32.4. The van der Waals surface area contributed by atoms with Crippen molar-refractivity contribution in [1.29, 1.82) is 0 Å². The molecule has 3 unspecified atom stereocenters. The first kappa shape index (κ1) is 14.0. The number of hydrogen-bond acceptors (Lipinski definition) is 6. The molecule has 0 bridgehead atoms. The third-order valence-electron chi connectivity index (χ3n) is 4.39. The zero-order valence-corrected chi connectivity index (χ0v) is 12.0. The maximum Gasteiger partial charge on any atom is 0.232 e. The first-order chi connectivity index (χ1) is 9.78. The van der Waals surface area contributed by atoms with Gasteiger partial charge in [0.25, 0.3) is 0 Å². The van der Waals surface area contributed by atoms with E-state index in [4.69, 9.17) is 9.26 Å². The molecule has 6 nitrogen and oxygen atoms in total. The molecule has 1 aromatic rings. The van der Waals surface area contributed by atoms with Crippen LogP contribution in [0.4, 0.5) is 0 Å². The highest BCUT2D eigenvalue weighted by Crippen LogP contribution is 2.33. The fourth-order valence-corrected chi connectivity index (χ4v) is 3.07. The summed E-state index contributed by atoms with van der Waals surface area (Å²) in [4.78, 5) is 6.81. The van der Waals surface area contributed by atoms with Crippen LogP contribution in [0.25, 0.3) is 0 Å². The molecule has 6 heteroatoms. The Morgan fingerprint density at radius 3 is 3.00 bits per heavy atom. The van der Waals surface area contributed by atoms with Gasteiger partial charge in [0.15, 0.2) is 0 Å².